The molecule has 0 atom stereocenters. The Morgan fingerprint density at radius 2 is 2.09 bits per heavy atom. The van der Waals surface area contributed by atoms with Crippen LogP contribution in [-0.2, 0) is 4.74 Å². The van der Waals surface area contributed by atoms with Crippen LogP contribution in [0, 0.1) is 15.9 Å². The van der Waals surface area contributed by atoms with Crippen LogP contribution in [0.15, 0.2) is 18.2 Å². The molecule has 1 aromatic rings. The van der Waals surface area contributed by atoms with E-state index in [0.717, 1.165) is 6.07 Å². The lowest BCUT2D eigenvalue weighted by Gasteiger charge is -2.23. The van der Waals surface area contributed by atoms with Gasteiger partial charge in [0.25, 0.3) is 0 Å². The summed E-state index contributed by atoms with van der Waals surface area (Å²) < 4.78 is 24.2. The van der Waals surface area contributed by atoms with E-state index < -0.39 is 39.4 Å². The number of nitrogens with one attached hydrogen (secondary N) is 1. The van der Waals surface area contributed by atoms with Gasteiger partial charge in [0, 0.05) is 6.07 Å². The molecule has 1 aliphatic carbocycles. The van der Waals surface area contributed by atoms with Crippen LogP contribution in [0.3, 0.4) is 0 Å². The molecule has 23 heavy (non-hydrogen) atoms. The van der Waals surface area contributed by atoms with E-state index >= 15 is 0 Å². The number of amides is 1. The summed E-state index contributed by atoms with van der Waals surface area (Å²) in [6, 6.07) is 3.49. The minimum absolute atomic E-state index is 0.0615. The molecule has 2 rings (SSSR count). The monoisotopic (exact) mass is 326 g/mol. The predicted octanol–water partition coefficient (Wildman–Crippen LogP) is 3.17. The van der Waals surface area contributed by atoms with Crippen molar-refractivity contribution >= 4 is 11.8 Å². The van der Waals surface area contributed by atoms with Crippen LogP contribution in [0.4, 0.5) is 14.9 Å². The third-order valence-corrected chi connectivity index (χ3v) is 3.26. The van der Waals surface area contributed by atoms with Crippen molar-refractivity contribution in [2.24, 2.45) is 0 Å². The van der Waals surface area contributed by atoms with E-state index in [1.807, 2.05) is 0 Å². The average molecular weight is 326 g/mol. The van der Waals surface area contributed by atoms with Crippen LogP contribution in [-0.4, -0.2) is 28.8 Å². The molecule has 0 spiro atoms. The van der Waals surface area contributed by atoms with Gasteiger partial charge < -0.3 is 14.8 Å². The van der Waals surface area contributed by atoms with Crippen molar-refractivity contribution in [3.05, 3.63) is 34.1 Å². The van der Waals surface area contributed by atoms with Gasteiger partial charge in [0.1, 0.15) is 12.2 Å². The molecule has 0 heterocycles. The van der Waals surface area contributed by atoms with E-state index in [-0.39, 0.29) is 6.61 Å². The molecule has 0 aliphatic heterocycles. The number of carbonyl (C=O) groups excluding carboxylic acids is 1. The first-order valence-corrected chi connectivity index (χ1v) is 7.19. The molecule has 1 N–H and O–H groups in total. The number of hydrogen-bond donors (Lipinski definition) is 1. The number of para-hydroxylation sites is 1. The summed E-state index contributed by atoms with van der Waals surface area (Å²) in [5.41, 5.74) is -1.75. The highest BCUT2D eigenvalue weighted by Crippen LogP contribution is 2.38. The van der Waals surface area contributed by atoms with Gasteiger partial charge in [0.15, 0.2) is 5.82 Å². The SMILES string of the molecule is CC(C)(C)OC(=O)NC1(COc2c(F)cccc2[N+](=O)[O-])CC1. The first-order valence-electron chi connectivity index (χ1n) is 7.19. The summed E-state index contributed by atoms with van der Waals surface area (Å²) in [7, 11) is 0. The number of rotatable bonds is 5. The number of ether oxygens (including phenoxy) is 2. The van der Waals surface area contributed by atoms with Crippen LogP contribution in [0.1, 0.15) is 33.6 Å². The molecule has 0 radical (unpaired) electrons. The van der Waals surface area contributed by atoms with Gasteiger partial charge in [-0.05, 0) is 39.7 Å². The number of nitro benzene ring substituents is 1. The average Bonchev–Trinajstić information content (AvgIpc) is 3.14. The van der Waals surface area contributed by atoms with Gasteiger partial charge in [-0.3, -0.25) is 10.1 Å². The lowest BCUT2D eigenvalue weighted by atomic mass is 10.2. The second-order valence-electron chi connectivity index (χ2n) is 6.54. The molecule has 0 aromatic heterocycles. The Labute approximate surface area is 132 Å². The van der Waals surface area contributed by atoms with E-state index in [0.29, 0.717) is 12.8 Å². The minimum Gasteiger partial charge on any atom is -0.482 e. The fourth-order valence-corrected chi connectivity index (χ4v) is 1.97. The highest BCUT2D eigenvalue weighted by Gasteiger charge is 2.46. The van der Waals surface area contributed by atoms with Crippen molar-refractivity contribution in [2.75, 3.05) is 6.61 Å². The fraction of sp³-hybridized carbons (Fsp3) is 0.533. The molecule has 1 aromatic carbocycles. The molecule has 1 saturated carbocycles. The zero-order valence-electron chi connectivity index (χ0n) is 13.2. The zero-order valence-corrected chi connectivity index (χ0v) is 13.2. The summed E-state index contributed by atoms with van der Waals surface area (Å²) in [5.74, 6) is -1.23. The predicted molar refractivity (Wildman–Crippen MR) is 79.9 cm³/mol. The molecule has 8 heteroatoms. The Morgan fingerprint density at radius 3 is 2.61 bits per heavy atom. The maximum atomic E-state index is 13.7. The topological polar surface area (TPSA) is 90.7 Å². The third kappa shape index (κ3) is 4.54. The van der Waals surface area contributed by atoms with Crippen LogP contribution in [0.2, 0.25) is 0 Å². The van der Waals surface area contributed by atoms with Crippen molar-refractivity contribution in [3.8, 4) is 5.75 Å². The molecular formula is C15H19FN2O5. The van der Waals surface area contributed by atoms with Gasteiger partial charge in [-0.1, -0.05) is 6.07 Å². The Bertz CT molecular complexity index is 623. The molecule has 1 aliphatic rings. The van der Waals surface area contributed by atoms with Gasteiger partial charge >= 0.3 is 11.8 Å². The fourth-order valence-electron chi connectivity index (χ4n) is 1.97. The second kappa shape index (κ2) is 6.02. The smallest absolute Gasteiger partial charge is 0.408 e. The Kier molecular flexibility index (Phi) is 4.44. The minimum atomic E-state index is -0.813. The van der Waals surface area contributed by atoms with Gasteiger partial charge in [0.05, 0.1) is 10.5 Å². The Morgan fingerprint density at radius 1 is 1.43 bits per heavy atom. The normalized spacial score (nSPS) is 15.7. The van der Waals surface area contributed by atoms with E-state index in [1.165, 1.54) is 12.1 Å². The van der Waals surface area contributed by atoms with E-state index in [4.69, 9.17) is 9.47 Å². The Hall–Kier alpha value is -2.38. The number of nitro groups is 1. The number of hydrogen-bond acceptors (Lipinski definition) is 5. The van der Waals surface area contributed by atoms with Crippen LogP contribution in [0.5, 0.6) is 5.75 Å². The van der Waals surface area contributed by atoms with E-state index in [1.54, 1.807) is 20.8 Å². The summed E-state index contributed by atoms with van der Waals surface area (Å²) in [6.07, 6.45) is 0.671. The maximum Gasteiger partial charge on any atom is 0.408 e. The van der Waals surface area contributed by atoms with E-state index in [2.05, 4.69) is 5.32 Å². The van der Waals surface area contributed by atoms with Gasteiger partial charge in [0.2, 0.25) is 5.75 Å². The first kappa shape index (κ1) is 17.0. The van der Waals surface area contributed by atoms with Crippen molar-refractivity contribution in [1.29, 1.82) is 0 Å². The van der Waals surface area contributed by atoms with Gasteiger partial charge in [-0.15, -0.1) is 0 Å². The molecule has 0 saturated heterocycles. The van der Waals surface area contributed by atoms with Crippen molar-refractivity contribution in [3.63, 3.8) is 0 Å². The molecule has 0 bridgehead atoms. The van der Waals surface area contributed by atoms with Crippen LogP contribution >= 0.6 is 0 Å². The summed E-state index contributed by atoms with van der Waals surface area (Å²) in [5, 5.41) is 13.6. The standard InChI is InChI=1S/C15H19FN2O5/c1-14(2,3)23-13(19)17-15(7-8-15)9-22-12-10(16)5-4-6-11(12)18(20)21/h4-6H,7-9H2,1-3H3,(H,17,19). The molecular weight excluding hydrogens is 307 g/mol. The highest BCUT2D eigenvalue weighted by molar-refractivity contribution is 5.69. The molecule has 7 nitrogen and oxygen atoms in total. The zero-order chi connectivity index (χ0) is 17.3. The van der Waals surface area contributed by atoms with E-state index in [9.17, 15) is 19.3 Å². The maximum absolute atomic E-state index is 13.7. The molecule has 0 unspecified atom stereocenters. The first-order chi connectivity index (χ1) is 10.6. The number of carbonyl (C=O) groups is 1. The molecule has 126 valence electrons. The quantitative estimate of drug-likeness (QED) is 0.663. The molecule has 1 amide bonds. The summed E-state index contributed by atoms with van der Waals surface area (Å²) >= 11 is 0. The number of benzene rings is 1. The largest absolute Gasteiger partial charge is 0.482 e. The van der Waals surface area contributed by atoms with Crippen molar-refractivity contribution in [1.82, 2.24) is 5.32 Å². The summed E-state index contributed by atoms with van der Waals surface area (Å²) in [6.45, 7) is 5.16. The lowest BCUT2D eigenvalue weighted by molar-refractivity contribution is -0.386. The lowest BCUT2D eigenvalue weighted by Crippen LogP contribution is -2.44. The van der Waals surface area contributed by atoms with Crippen LogP contribution < -0.4 is 10.1 Å². The number of nitrogens with zero attached hydrogens (tertiary/aromatic N) is 1. The number of halogens is 1. The number of alkyl carbamates (subject to hydrolysis) is 1. The van der Waals surface area contributed by atoms with Crippen LogP contribution in [0.25, 0.3) is 0 Å². The third-order valence-electron chi connectivity index (χ3n) is 3.26. The van der Waals surface area contributed by atoms with Crippen molar-refractivity contribution in [2.45, 2.75) is 44.8 Å². The second-order valence-corrected chi connectivity index (χ2v) is 6.54. The van der Waals surface area contributed by atoms with Gasteiger partial charge in [-0.2, -0.15) is 0 Å². The summed E-state index contributed by atoms with van der Waals surface area (Å²) in [4.78, 5) is 22.0. The van der Waals surface area contributed by atoms with Gasteiger partial charge in [-0.25, -0.2) is 9.18 Å². The highest BCUT2D eigenvalue weighted by atomic mass is 19.1. The Balaban J connectivity index is 2.01. The van der Waals surface area contributed by atoms with Crippen molar-refractivity contribution < 1.29 is 23.6 Å². The molecule has 1 fully saturated rings.